The molecule has 3 amide bonds. The van der Waals surface area contributed by atoms with Crippen molar-refractivity contribution in [2.45, 2.75) is 108 Å². The molecule has 1 aliphatic carbocycles. The van der Waals surface area contributed by atoms with Crippen molar-refractivity contribution in [3.63, 3.8) is 0 Å². The SMILES string of the molecule is Cn1c(=O)n(C2CCC(=O)NC2=O)c2ccc(CCCCOCCCCNCC(=O)N3CCN(C4CCC(Nc5ncnc6[nH]cc(C7CCOCC7)c56)CC4)CC3)cc21. The van der Waals surface area contributed by atoms with Gasteiger partial charge in [0.2, 0.25) is 17.7 Å². The number of imide groups is 1. The second-order valence-corrected chi connectivity index (χ2v) is 17.1. The van der Waals surface area contributed by atoms with Crippen LogP contribution in [0.1, 0.15) is 100 Å². The normalized spacial score (nSPS) is 22.1. The van der Waals surface area contributed by atoms with Crippen LogP contribution < -0.4 is 21.6 Å². The average molecular weight is 827 g/mol. The molecule has 8 rings (SSSR count). The van der Waals surface area contributed by atoms with Gasteiger partial charge in [-0.1, -0.05) is 6.07 Å². The summed E-state index contributed by atoms with van der Waals surface area (Å²) in [5, 5.41) is 10.6. The summed E-state index contributed by atoms with van der Waals surface area (Å²) in [6.45, 7) is 7.65. The third kappa shape index (κ3) is 9.77. The Kier molecular flexibility index (Phi) is 13.9. The Bertz CT molecular complexity index is 2160. The molecule has 1 unspecified atom stereocenters. The molecule has 16 nitrogen and oxygen atoms in total. The number of imidazole rings is 1. The largest absolute Gasteiger partial charge is 0.381 e. The number of benzene rings is 1. The van der Waals surface area contributed by atoms with E-state index in [1.54, 1.807) is 17.9 Å². The van der Waals surface area contributed by atoms with Gasteiger partial charge in [-0.25, -0.2) is 14.8 Å². The van der Waals surface area contributed by atoms with Crippen LogP contribution in [0.15, 0.2) is 35.5 Å². The minimum absolute atomic E-state index is 0.188. The first-order valence-corrected chi connectivity index (χ1v) is 22.3. The molecule has 324 valence electrons. The molecule has 6 heterocycles. The van der Waals surface area contributed by atoms with E-state index in [1.807, 2.05) is 23.1 Å². The van der Waals surface area contributed by atoms with Gasteiger partial charge in [0.15, 0.2) is 0 Å². The number of aromatic amines is 1. The lowest BCUT2D eigenvalue weighted by Crippen LogP contribution is -2.54. The van der Waals surface area contributed by atoms with Crippen LogP contribution in [0.3, 0.4) is 0 Å². The summed E-state index contributed by atoms with van der Waals surface area (Å²) in [4.78, 5) is 67.3. The van der Waals surface area contributed by atoms with Gasteiger partial charge >= 0.3 is 5.69 Å². The number of ether oxygens (including phenoxy) is 2. The van der Waals surface area contributed by atoms with Crippen molar-refractivity contribution in [2.24, 2.45) is 7.05 Å². The number of aromatic nitrogens is 5. The number of hydrogen-bond donors (Lipinski definition) is 4. The van der Waals surface area contributed by atoms with Crippen molar-refractivity contribution in [2.75, 3.05) is 71.0 Å². The number of nitrogens with one attached hydrogen (secondary N) is 4. The highest BCUT2D eigenvalue weighted by molar-refractivity contribution is 6.00. The number of piperidine rings is 1. The predicted octanol–water partition coefficient (Wildman–Crippen LogP) is 3.76. The van der Waals surface area contributed by atoms with E-state index in [4.69, 9.17) is 14.5 Å². The summed E-state index contributed by atoms with van der Waals surface area (Å²) in [6.07, 6.45) is 15.6. The van der Waals surface area contributed by atoms with Gasteiger partial charge in [0, 0.05) is 84.4 Å². The van der Waals surface area contributed by atoms with Gasteiger partial charge < -0.3 is 30.0 Å². The number of unbranched alkanes of at least 4 members (excludes halogenated alkanes) is 2. The topological polar surface area (TPSA) is 181 Å². The zero-order valence-electron chi connectivity index (χ0n) is 35.1. The highest BCUT2D eigenvalue weighted by Gasteiger charge is 2.32. The van der Waals surface area contributed by atoms with Gasteiger partial charge in [0.25, 0.3) is 0 Å². The highest BCUT2D eigenvalue weighted by atomic mass is 16.5. The van der Waals surface area contributed by atoms with Crippen LogP contribution >= 0.6 is 0 Å². The van der Waals surface area contributed by atoms with Gasteiger partial charge in [-0.2, -0.15) is 0 Å². The summed E-state index contributed by atoms with van der Waals surface area (Å²) in [5.74, 6) is 0.901. The van der Waals surface area contributed by atoms with Gasteiger partial charge in [-0.15, -0.1) is 0 Å². The number of carbonyl (C=O) groups excluding carboxylic acids is 3. The van der Waals surface area contributed by atoms with Crippen molar-refractivity contribution in [3.05, 3.63) is 52.3 Å². The molecular weight excluding hydrogens is 765 g/mol. The molecule has 4 aromatic rings. The summed E-state index contributed by atoms with van der Waals surface area (Å²) in [5.41, 5.74) is 4.59. The van der Waals surface area contributed by atoms with Gasteiger partial charge in [0.05, 0.1) is 23.0 Å². The molecule has 3 aromatic heterocycles. The molecule has 1 saturated carbocycles. The molecule has 16 heteroatoms. The summed E-state index contributed by atoms with van der Waals surface area (Å²) in [7, 11) is 1.72. The third-order valence-corrected chi connectivity index (χ3v) is 13.2. The molecule has 4 fully saturated rings. The second-order valence-electron chi connectivity index (χ2n) is 17.1. The number of hydrogen-bond acceptors (Lipinski definition) is 11. The van der Waals surface area contributed by atoms with Crippen molar-refractivity contribution in [1.82, 2.24) is 44.5 Å². The molecule has 4 N–H and O–H groups in total. The molecule has 0 spiro atoms. The van der Waals surface area contributed by atoms with Gasteiger partial charge in [0.1, 0.15) is 23.8 Å². The lowest BCUT2D eigenvalue weighted by molar-refractivity contribution is -0.136. The fourth-order valence-electron chi connectivity index (χ4n) is 9.73. The van der Waals surface area contributed by atoms with E-state index < -0.39 is 11.9 Å². The molecule has 3 saturated heterocycles. The molecule has 1 aromatic carbocycles. The Labute approximate surface area is 351 Å². The lowest BCUT2D eigenvalue weighted by Gasteiger charge is -2.42. The first kappa shape index (κ1) is 42.1. The summed E-state index contributed by atoms with van der Waals surface area (Å²) < 4.78 is 14.6. The minimum atomic E-state index is -0.676. The molecule has 4 aliphatic rings. The molecule has 0 radical (unpaired) electrons. The quantitative estimate of drug-likeness (QED) is 0.0900. The Morgan fingerprint density at radius 2 is 1.70 bits per heavy atom. The van der Waals surface area contributed by atoms with E-state index in [9.17, 15) is 19.2 Å². The number of rotatable bonds is 17. The number of nitrogens with zero attached hydrogens (tertiary/aromatic N) is 6. The standard InChI is InChI=1S/C44H62N10O6/c1-51-37-26-30(7-12-35(37)54(44(51)58)36-13-14-38(55)50-43(36)57)6-2-4-22-59-23-5-3-17-45-28-39(56)53-20-18-52(19-21-53)33-10-8-32(9-11-33)49-42-40-34(31-15-24-60-25-16-31)27-46-41(40)47-29-48-42/h7,12,26-27,29,31-33,36,45H,2-6,8-11,13-25,28H2,1H3,(H,50,55,57)(H2,46,47,48,49). The Morgan fingerprint density at radius 1 is 0.917 bits per heavy atom. The van der Waals surface area contributed by atoms with Crippen molar-refractivity contribution < 1.29 is 23.9 Å². The lowest BCUT2D eigenvalue weighted by atomic mass is 9.89. The van der Waals surface area contributed by atoms with Crippen molar-refractivity contribution in [1.29, 1.82) is 0 Å². The number of piperazine rings is 1. The smallest absolute Gasteiger partial charge is 0.329 e. The van der Waals surface area contributed by atoms with Crippen LogP contribution in [-0.4, -0.2) is 129 Å². The van der Waals surface area contributed by atoms with E-state index in [0.717, 1.165) is 144 Å². The summed E-state index contributed by atoms with van der Waals surface area (Å²) in [6, 6.07) is 6.23. The molecular formula is C44H62N10O6. The fraction of sp³-hybridized carbons (Fsp3) is 0.636. The maximum Gasteiger partial charge on any atom is 0.329 e. The van der Waals surface area contributed by atoms with E-state index in [-0.39, 0.29) is 23.9 Å². The number of H-pyrrole nitrogens is 1. The van der Waals surface area contributed by atoms with Crippen LogP contribution in [0, 0.1) is 0 Å². The first-order valence-electron chi connectivity index (χ1n) is 22.3. The monoisotopic (exact) mass is 826 g/mol. The fourth-order valence-corrected chi connectivity index (χ4v) is 9.73. The Hall–Kier alpha value is -4.64. The maximum atomic E-state index is 13.0. The van der Waals surface area contributed by atoms with Crippen LogP contribution in [0.2, 0.25) is 0 Å². The maximum absolute atomic E-state index is 13.0. The number of carbonyl (C=O) groups is 3. The molecule has 60 heavy (non-hydrogen) atoms. The van der Waals surface area contributed by atoms with Gasteiger partial charge in [-0.3, -0.25) is 33.7 Å². The van der Waals surface area contributed by atoms with E-state index in [2.05, 4.69) is 37.0 Å². The predicted molar refractivity (Wildman–Crippen MR) is 229 cm³/mol. The van der Waals surface area contributed by atoms with E-state index in [0.29, 0.717) is 49.7 Å². The second kappa shape index (κ2) is 19.8. The number of anilines is 1. The third-order valence-electron chi connectivity index (χ3n) is 13.2. The van der Waals surface area contributed by atoms with E-state index >= 15 is 0 Å². The van der Waals surface area contributed by atoms with Crippen molar-refractivity contribution in [3.8, 4) is 0 Å². The zero-order valence-corrected chi connectivity index (χ0v) is 35.1. The molecule has 1 atom stereocenters. The zero-order chi connectivity index (χ0) is 41.4. The van der Waals surface area contributed by atoms with Crippen LogP contribution in [-0.2, 0) is 37.3 Å². The molecule has 0 bridgehead atoms. The number of aryl methyl sites for hydroxylation is 2. The van der Waals surface area contributed by atoms with E-state index in [1.165, 1.54) is 10.1 Å². The van der Waals surface area contributed by atoms with Crippen LogP contribution in [0.4, 0.5) is 5.82 Å². The van der Waals surface area contributed by atoms with Gasteiger partial charge in [-0.05, 0) is 113 Å². The highest BCUT2D eigenvalue weighted by Crippen LogP contribution is 2.36. The number of fused-ring (bicyclic) bond motifs is 2. The van der Waals surface area contributed by atoms with Crippen LogP contribution in [0.25, 0.3) is 22.1 Å². The van der Waals surface area contributed by atoms with Crippen LogP contribution in [0.5, 0.6) is 0 Å². The first-order chi connectivity index (χ1) is 29.3. The van der Waals surface area contributed by atoms with Crippen molar-refractivity contribution >= 4 is 45.6 Å². The number of amides is 3. The molecule has 3 aliphatic heterocycles. The Balaban J connectivity index is 0.660. The summed E-state index contributed by atoms with van der Waals surface area (Å²) >= 11 is 0. The Morgan fingerprint density at radius 3 is 2.48 bits per heavy atom. The minimum Gasteiger partial charge on any atom is -0.381 e. The average Bonchev–Trinajstić information content (AvgIpc) is 3.82.